The Bertz CT molecular complexity index is 1390. The van der Waals surface area contributed by atoms with E-state index in [0.717, 1.165) is 53.9 Å². The van der Waals surface area contributed by atoms with Gasteiger partial charge in [-0.3, -0.25) is 4.79 Å². The summed E-state index contributed by atoms with van der Waals surface area (Å²) in [6.45, 7) is 9.47. The number of carboxylic acids is 1. The molecular weight excluding hydrogens is 440 g/mol. The summed E-state index contributed by atoms with van der Waals surface area (Å²) in [5, 5.41) is 12.8. The van der Waals surface area contributed by atoms with Crippen molar-refractivity contribution >= 4 is 38.4 Å². The maximum absolute atomic E-state index is 12.6. The van der Waals surface area contributed by atoms with Crippen LogP contribution in [0.3, 0.4) is 0 Å². The maximum Gasteiger partial charge on any atom is 0.311 e. The molecule has 178 valence electrons. The van der Waals surface area contributed by atoms with Crippen molar-refractivity contribution in [3.05, 3.63) is 51.7 Å². The fourth-order valence-corrected chi connectivity index (χ4v) is 7.36. The SMILES string of the molecule is CCCC(C(=O)O)c1c(C)nc2sc3c(c2c1-c1c(C)n(CCC)c2ccccc12)CCCC3. The van der Waals surface area contributed by atoms with Crippen LogP contribution in [0, 0.1) is 13.8 Å². The zero-order valence-electron chi connectivity index (χ0n) is 20.7. The third kappa shape index (κ3) is 3.56. The Morgan fingerprint density at radius 3 is 2.62 bits per heavy atom. The van der Waals surface area contributed by atoms with Crippen molar-refractivity contribution in [3.63, 3.8) is 0 Å². The van der Waals surface area contributed by atoms with Gasteiger partial charge in [-0.2, -0.15) is 0 Å². The van der Waals surface area contributed by atoms with E-state index in [4.69, 9.17) is 4.98 Å². The van der Waals surface area contributed by atoms with Crippen molar-refractivity contribution in [2.75, 3.05) is 0 Å². The van der Waals surface area contributed by atoms with Gasteiger partial charge in [0.2, 0.25) is 0 Å². The lowest BCUT2D eigenvalue weighted by molar-refractivity contribution is -0.139. The average Bonchev–Trinajstić information content (AvgIpc) is 3.32. The van der Waals surface area contributed by atoms with Gasteiger partial charge in [0.1, 0.15) is 4.83 Å². The van der Waals surface area contributed by atoms with Crippen molar-refractivity contribution in [3.8, 4) is 11.1 Å². The summed E-state index contributed by atoms with van der Waals surface area (Å²) in [4.78, 5) is 20.2. The van der Waals surface area contributed by atoms with Gasteiger partial charge in [-0.25, -0.2) is 4.98 Å². The number of carboxylic acid groups (broad SMARTS) is 1. The quantitative estimate of drug-likeness (QED) is 0.297. The normalized spacial score (nSPS) is 14.6. The van der Waals surface area contributed by atoms with Crippen molar-refractivity contribution in [2.45, 2.75) is 85.1 Å². The largest absolute Gasteiger partial charge is 0.481 e. The van der Waals surface area contributed by atoms with Crippen LogP contribution in [0.1, 0.15) is 79.3 Å². The highest BCUT2D eigenvalue weighted by atomic mass is 32.1. The summed E-state index contributed by atoms with van der Waals surface area (Å²) in [5.41, 5.74) is 8.03. The van der Waals surface area contributed by atoms with E-state index in [9.17, 15) is 9.90 Å². The van der Waals surface area contributed by atoms with E-state index >= 15 is 0 Å². The molecule has 0 saturated heterocycles. The maximum atomic E-state index is 12.6. The van der Waals surface area contributed by atoms with Crippen LogP contribution < -0.4 is 0 Å². The number of aliphatic carboxylic acids is 1. The highest BCUT2D eigenvalue weighted by molar-refractivity contribution is 7.19. The lowest BCUT2D eigenvalue weighted by Gasteiger charge is -2.22. The minimum Gasteiger partial charge on any atom is -0.481 e. The molecule has 3 heterocycles. The van der Waals surface area contributed by atoms with Crippen molar-refractivity contribution in [1.82, 2.24) is 9.55 Å². The van der Waals surface area contributed by atoms with Crippen molar-refractivity contribution in [2.24, 2.45) is 0 Å². The van der Waals surface area contributed by atoms with E-state index in [1.54, 1.807) is 0 Å². The molecule has 5 heteroatoms. The monoisotopic (exact) mass is 474 g/mol. The van der Waals surface area contributed by atoms with E-state index in [1.807, 2.05) is 18.3 Å². The third-order valence-electron chi connectivity index (χ3n) is 7.48. The van der Waals surface area contributed by atoms with Crippen LogP contribution >= 0.6 is 11.3 Å². The predicted octanol–water partition coefficient (Wildman–Crippen LogP) is 7.79. The van der Waals surface area contributed by atoms with E-state index in [-0.39, 0.29) is 0 Å². The second-order valence-corrected chi connectivity index (χ2v) is 10.8. The predicted molar refractivity (Wildman–Crippen MR) is 142 cm³/mol. The summed E-state index contributed by atoms with van der Waals surface area (Å²) in [7, 11) is 0. The highest BCUT2D eigenvalue weighted by Gasteiger charge is 2.32. The molecule has 0 bridgehead atoms. The molecule has 1 aromatic carbocycles. The van der Waals surface area contributed by atoms with Gasteiger partial charge in [-0.1, -0.05) is 38.5 Å². The number of hydrogen-bond acceptors (Lipinski definition) is 3. The van der Waals surface area contributed by atoms with E-state index in [0.29, 0.717) is 6.42 Å². The summed E-state index contributed by atoms with van der Waals surface area (Å²) in [6, 6.07) is 8.63. The molecule has 1 aliphatic rings. The van der Waals surface area contributed by atoms with Crippen molar-refractivity contribution in [1.29, 1.82) is 0 Å². The smallest absolute Gasteiger partial charge is 0.311 e. The van der Waals surface area contributed by atoms with E-state index in [2.05, 4.69) is 49.6 Å². The number of aryl methyl sites for hydroxylation is 4. The summed E-state index contributed by atoms with van der Waals surface area (Å²) >= 11 is 1.83. The number of aromatic nitrogens is 2. The number of hydrogen-bond donors (Lipinski definition) is 1. The van der Waals surface area contributed by atoms with Gasteiger partial charge in [0.05, 0.1) is 5.92 Å². The lowest BCUT2D eigenvalue weighted by atomic mass is 9.83. The zero-order chi connectivity index (χ0) is 24.0. The molecule has 1 N–H and O–H groups in total. The first kappa shape index (κ1) is 23.1. The molecule has 5 rings (SSSR count). The second-order valence-electron chi connectivity index (χ2n) is 9.69. The van der Waals surface area contributed by atoms with E-state index < -0.39 is 11.9 Å². The van der Waals surface area contributed by atoms with Gasteiger partial charge in [-0.15, -0.1) is 11.3 Å². The molecule has 3 aromatic heterocycles. The Hall–Kier alpha value is -2.66. The number of thiophene rings is 1. The molecular formula is C29H34N2O2S. The molecule has 1 unspecified atom stereocenters. The van der Waals surface area contributed by atoms with Crippen LogP contribution in [-0.2, 0) is 24.2 Å². The topological polar surface area (TPSA) is 55.1 Å². The molecule has 4 aromatic rings. The molecule has 0 saturated carbocycles. The molecule has 1 aliphatic carbocycles. The van der Waals surface area contributed by atoms with Crippen LogP contribution in [0.4, 0.5) is 0 Å². The molecule has 0 spiro atoms. The number of pyridine rings is 1. The van der Waals surface area contributed by atoms with E-state index in [1.165, 1.54) is 50.8 Å². The van der Waals surface area contributed by atoms with Crippen LogP contribution in [0.25, 0.3) is 32.2 Å². The first-order valence-corrected chi connectivity index (χ1v) is 13.5. The van der Waals surface area contributed by atoms with Crippen LogP contribution in [0.2, 0.25) is 0 Å². The zero-order valence-corrected chi connectivity index (χ0v) is 21.5. The van der Waals surface area contributed by atoms with Crippen molar-refractivity contribution < 1.29 is 9.90 Å². The first-order chi connectivity index (χ1) is 16.5. The van der Waals surface area contributed by atoms with Gasteiger partial charge >= 0.3 is 5.97 Å². The fraction of sp³-hybridized carbons (Fsp3) is 0.448. The second kappa shape index (κ2) is 9.18. The van der Waals surface area contributed by atoms with Crippen LogP contribution in [-0.4, -0.2) is 20.6 Å². The van der Waals surface area contributed by atoms with Crippen LogP contribution in [0.5, 0.6) is 0 Å². The minimum absolute atomic E-state index is 0.552. The third-order valence-corrected chi connectivity index (χ3v) is 8.67. The summed E-state index contributed by atoms with van der Waals surface area (Å²) < 4.78 is 2.42. The fourth-order valence-electron chi connectivity index (χ4n) is 6.04. The van der Waals surface area contributed by atoms with Crippen LogP contribution in [0.15, 0.2) is 24.3 Å². The standard InChI is InChI=1S/C29H34N2O2S/c1-5-11-21(29(32)33)24-17(3)30-28-26(20-13-8-10-15-23(20)34-28)27(24)25-18(4)31(16-6-2)22-14-9-7-12-19(22)25/h7,9,12,14,21H,5-6,8,10-11,13,15-16H2,1-4H3,(H,32,33). The summed E-state index contributed by atoms with van der Waals surface area (Å²) in [6.07, 6.45) is 7.08. The van der Waals surface area contributed by atoms with Gasteiger partial charge < -0.3 is 9.67 Å². The molecule has 1 atom stereocenters. The average molecular weight is 475 g/mol. The number of carbonyl (C=O) groups is 1. The molecule has 0 amide bonds. The lowest BCUT2D eigenvalue weighted by Crippen LogP contribution is -2.15. The van der Waals surface area contributed by atoms with Gasteiger partial charge in [0, 0.05) is 50.2 Å². The Kier molecular flexibility index (Phi) is 6.24. The Balaban J connectivity index is 1.97. The first-order valence-electron chi connectivity index (χ1n) is 12.7. The van der Waals surface area contributed by atoms with Gasteiger partial charge in [0.15, 0.2) is 0 Å². The van der Waals surface area contributed by atoms with Gasteiger partial charge in [0.25, 0.3) is 0 Å². The van der Waals surface area contributed by atoms with Gasteiger partial charge in [-0.05, 0) is 69.6 Å². The molecule has 4 nitrogen and oxygen atoms in total. The number of fused-ring (bicyclic) bond motifs is 4. The Morgan fingerprint density at radius 2 is 1.88 bits per heavy atom. The highest BCUT2D eigenvalue weighted by Crippen LogP contribution is 2.48. The number of benzene rings is 1. The molecule has 0 radical (unpaired) electrons. The number of rotatable bonds is 7. The Labute approximate surface area is 205 Å². The molecule has 0 aliphatic heterocycles. The summed E-state index contributed by atoms with van der Waals surface area (Å²) in [5.74, 6) is -1.30. The molecule has 0 fully saturated rings. The Morgan fingerprint density at radius 1 is 1.12 bits per heavy atom. The number of para-hydroxylation sites is 1. The minimum atomic E-state index is -0.744. The number of nitrogens with zero attached hydrogens (tertiary/aromatic N) is 2. The molecule has 34 heavy (non-hydrogen) atoms.